The van der Waals surface area contributed by atoms with Crippen molar-refractivity contribution in [3.63, 3.8) is 0 Å². The lowest BCUT2D eigenvalue weighted by Gasteiger charge is -2.27. The van der Waals surface area contributed by atoms with E-state index in [9.17, 15) is 13.2 Å². The minimum absolute atomic E-state index is 0.119. The number of rotatable bonds is 5. The molecule has 26 heavy (non-hydrogen) atoms. The van der Waals surface area contributed by atoms with E-state index in [0.29, 0.717) is 32.0 Å². The van der Waals surface area contributed by atoms with Crippen LogP contribution in [0, 0.1) is 5.92 Å². The molecule has 8 heteroatoms. The molecule has 2 aliphatic rings. The van der Waals surface area contributed by atoms with Gasteiger partial charge in [-0.25, -0.2) is 8.42 Å². The van der Waals surface area contributed by atoms with Crippen LogP contribution in [0.3, 0.4) is 0 Å². The second kappa shape index (κ2) is 7.94. The van der Waals surface area contributed by atoms with Gasteiger partial charge in [-0.2, -0.15) is 4.31 Å². The topological polar surface area (TPSA) is 79.0 Å². The van der Waals surface area contributed by atoms with Crippen molar-refractivity contribution in [2.75, 3.05) is 49.6 Å². The van der Waals surface area contributed by atoms with Crippen LogP contribution in [-0.2, 0) is 19.6 Å². The minimum Gasteiger partial charge on any atom is -0.379 e. The molecule has 144 valence electrons. The molecule has 1 aromatic rings. The Morgan fingerprint density at radius 2 is 1.77 bits per heavy atom. The zero-order valence-corrected chi connectivity index (χ0v) is 16.2. The van der Waals surface area contributed by atoms with Gasteiger partial charge >= 0.3 is 0 Å². The van der Waals surface area contributed by atoms with E-state index in [0.717, 1.165) is 31.6 Å². The van der Waals surface area contributed by atoms with E-state index < -0.39 is 10.0 Å². The van der Waals surface area contributed by atoms with Gasteiger partial charge in [0.25, 0.3) is 0 Å². The summed E-state index contributed by atoms with van der Waals surface area (Å²) in [5, 5.41) is 2.91. The molecule has 2 fully saturated rings. The lowest BCUT2D eigenvalue weighted by molar-refractivity contribution is -0.118. The molecule has 2 heterocycles. The summed E-state index contributed by atoms with van der Waals surface area (Å²) >= 11 is 0. The van der Waals surface area contributed by atoms with E-state index in [4.69, 9.17) is 4.74 Å². The molecular weight excluding hydrogens is 354 g/mol. The Hall–Kier alpha value is -1.64. The number of nitrogens with one attached hydrogen (secondary N) is 1. The Bertz CT molecular complexity index is 752. The lowest BCUT2D eigenvalue weighted by Crippen LogP contribution is -2.40. The Balaban J connectivity index is 1.95. The number of carbonyl (C=O) groups is 1. The number of anilines is 2. The van der Waals surface area contributed by atoms with E-state index in [-0.39, 0.29) is 16.7 Å². The molecule has 3 rings (SSSR count). The van der Waals surface area contributed by atoms with Crippen molar-refractivity contribution in [3.8, 4) is 0 Å². The van der Waals surface area contributed by atoms with Crippen LogP contribution >= 0.6 is 0 Å². The van der Waals surface area contributed by atoms with Crippen molar-refractivity contribution in [1.29, 1.82) is 0 Å². The number of ether oxygens (including phenoxy) is 1. The summed E-state index contributed by atoms with van der Waals surface area (Å²) in [7, 11) is -3.60. The monoisotopic (exact) mass is 381 g/mol. The number of hydrogen-bond acceptors (Lipinski definition) is 5. The van der Waals surface area contributed by atoms with E-state index in [1.165, 1.54) is 4.31 Å². The molecule has 0 saturated carbocycles. The van der Waals surface area contributed by atoms with Gasteiger partial charge in [-0.15, -0.1) is 0 Å². The van der Waals surface area contributed by atoms with Crippen molar-refractivity contribution in [2.24, 2.45) is 5.92 Å². The number of benzene rings is 1. The van der Waals surface area contributed by atoms with Crippen LogP contribution in [0.5, 0.6) is 0 Å². The van der Waals surface area contributed by atoms with E-state index in [1.54, 1.807) is 12.1 Å². The molecule has 1 N–H and O–H groups in total. The largest absolute Gasteiger partial charge is 0.379 e. The number of sulfonamides is 1. The molecule has 2 saturated heterocycles. The van der Waals surface area contributed by atoms with Crippen molar-refractivity contribution < 1.29 is 17.9 Å². The van der Waals surface area contributed by atoms with Gasteiger partial charge in [0.15, 0.2) is 0 Å². The van der Waals surface area contributed by atoms with Gasteiger partial charge in [0.05, 0.1) is 29.5 Å². The molecule has 0 aliphatic carbocycles. The molecule has 1 aromatic carbocycles. The molecule has 0 bridgehead atoms. The fraction of sp³-hybridized carbons (Fsp3) is 0.611. The highest BCUT2D eigenvalue weighted by molar-refractivity contribution is 7.89. The smallest absolute Gasteiger partial charge is 0.243 e. The van der Waals surface area contributed by atoms with Gasteiger partial charge in [0, 0.05) is 32.1 Å². The summed E-state index contributed by atoms with van der Waals surface area (Å²) in [6.07, 6.45) is 2.21. The molecule has 0 aromatic heterocycles. The van der Waals surface area contributed by atoms with Crippen molar-refractivity contribution in [2.45, 2.75) is 31.6 Å². The maximum atomic E-state index is 12.9. The zero-order valence-electron chi connectivity index (χ0n) is 15.4. The standard InChI is InChI=1S/C18H27N3O4S/c1-14(2)18(22)19-16-13-15(5-6-17(16)20-7-3-4-8-20)26(23,24)21-9-11-25-12-10-21/h5-6,13-14H,3-4,7-12H2,1-2H3,(H,19,22). The maximum Gasteiger partial charge on any atom is 0.243 e. The quantitative estimate of drug-likeness (QED) is 0.843. The highest BCUT2D eigenvalue weighted by atomic mass is 32.2. The van der Waals surface area contributed by atoms with Gasteiger partial charge in [-0.3, -0.25) is 4.79 Å². The normalized spacial score (nSPS) is 19.1. The average Bonchev–Trinajstić information content (AvgIpc) is 3.16. The van der Waals surface area contributed by atoms with Crippen LogP contribution in [0.4, 0.5) is 11.4 Å². The fourth-order valence-corrected chi connectivity index (χ4v) is 4.66. The summed E-state index contributed by atoms with van der Waals surface area (Å²) in [4.78, 5) is 14.6. The van der Waals surface area contributed by atoms with Crippen LogP contribution in [0.1, 0.15) is 26.7 Å². The highest BCUT2D eigenvalue weighted by Gasteiger charge is 2.28. The predicted molar refractivity (Wildman–Crippen MR) is 101 cm³/mol. The predicted octanol–water partition coefficient (Wildman–Crippen LogP) is 1.90. The van der Waals surface area contributed by atoms with E-state index in [2.05, 4.69) is 10.2 Å². The number of hydrogen-bond donors (Lipinski definition) is 1. The summed E-state index contributed by atoms with van der Waals surface area (Å²) in [5.41, 5.74) is 1.46. The summed E-state index contributed by atoms with van der Waals surface area (Å²) < 4.78 is 32.6. The second-order valence-corrected chi connectivity index (χ2v) is 8.97. The van der Waals surface area contributed by atoms with Crippen LogP contribution in [0.15, 0.2) is 23.1 Å². The zero-order chi connectivity index (χ0) is 18.7. The fourth-order valence-electron chi connectivity index (χ4n) is 3.22. The van der Waals surface area contributed by atoms with Gasteiger partial charge < -0.3 is 15.0 Å². The van der Waals surface area contributed by atoms with E-state index >= 15 is 0 Å². The van der Waals surface area contributed by atoms with Gasteiger partial charge in [-0.05, 0) is 31.0 Å². The summed E-state index contributed by atoms with van der Waals surface area (Å²) in [6.45, 7) is 6.98. The molecular formula is C18H27N3O4S. The van der Waals surface area contributed by atoms with Crippen molar-refractivity contribution in [3.05, 3.63) is 18.2 Å². The molecule has 0 spiro atoms. The average molecular weight is 381 g/mol. The number of carbonyl (C=O) groups excluding carboxylic acids is 1. The first-order chi connectivity index (χ1) is 12.4. The highest BCUT2D eigenvalue weighted by Crippen LogP contribution is 2.32. The van der Waals surface area contributed by atoms with Gasteiger partial charge in [0.1, 0.15) is 0 Å². The third-order valence-corrected chi connectivity index (χ3v) is 6.70. The van der Waals surface area contributed by atoms with Crippen molar-refractivity contribution in [1.82, 2.24) is 4.31 Å². The molecule has 2 aliphatic heterocycles. The SMILES string of the molecule is CC(C)C(=O)Nc1cc(S(=O)(=O)N2CCOCC2)ccc1N1CCCC1. The number of nitrogens with zero attached hydrogens (tertiary/aromatic N) is 2. The number of amides is 1. The Labute approximate surface area is 155 Å². The Morgan fingerprint density at radius 1 is 1.12 bits per heavy atom. The Kier molecular flexibility index (Phi) is 5.84. The third kappa shape index (κ3) is 4.02. The molecule has 0 radical (unpaired) electrons. The molecule has 0 atom stereocenters. The van der Waals surface area contributed by atoms with Gasteiger partial charge in [-0.1, -0.05) is 13.8 Å². The van der Waals surface area contributed by atoms with Crippen LogP contribution in [0.2, 0.25) is 0 Å². The maximum absolute atomic E-state index is 12.9. The molecule has 1 amide bonds. The van der Waals surface area contributed by atoms with Crippen LogP contribution < -0.4 is 10.2 Å². The van der Waals surface area contributed by atoms with Crippen LogP contribution in [-0.4, -0.2) is 58.0 Å². The Morgan fingerprint density at radius 3 is 2.38 bits per heavy atom. The first kappa shape index (κ1) is 19.1. The van der Waals surface area contributed by atoms with Crippen LogP contribution in [0.25, 0.3) is 0 Å². The second-order valence-electron chi connectivity index (χ2n) is 7.03. The minimum atomic E-state index is -3.60. The van der Waals surface area contributed by atoms with E-state index in [1.807, 2.05) is 19.9 Å². The number of morpholine rings is 1. The first-order valence-corrected chi connectivity index (χ1v) is 10.6. The van der Waals surface area contributed by atoms with Crippen molar-refractivity contribution >= 4 is 27.3 Å². The third-order valence-electron chi connectivity index (χ3n) is 4.80. The molecule has 0 unspecified atom stereocenters. The summed E-state index contributed by atoms with van der Waals surface area (Å²) in [6, 6.07) is 5.05. The first-order valence-electron chi connectivity index (χ1n) is 9.17. The lowest BCUT2D eigenvalue weighted by atomic mass is 10.2. The molecule has 7 nitrogen and oxygen atoms in total. The van der Waals surface area contributed by atoms with Gasteiger partial charge in [0.2, 0.25) is 15.9 Å². The summed E-state index contributed by atoms with van der Waals surface area (Å²) in [5.74, 6) is -0.299.